The van der Waals surface area contributed by atoms with Crippen LogP contribution in [0.1, 0.15) is 55.3 Å². The number of hydrogen-bond donors (Lipinski definition) is 2. The van der Waals surface area contributed by atoms with Gasteiger partial charge in [-0.1, -0.05) is 13.8 Å². The zero-order chi connectivity index (χ0) is 24.5. The van der Waals surface area contributed by atoms with Gasteiger partial charge < -0.3 is 20.1 Å². The van der Waals surface area contributed by atoms with Crippen LogP contribution in [-0.2, 0) is 14.3 Å². The van der Waals surface area contributed by atoms with Crippen LogP contribution >= 0.6 is 0 Å². The van der Waals surface area contributed by atoms with E-state index >= 15 is 0 Å². The molecule has 0 aliphatic carbocycles. The predicted octanol–water partition coefficient (Wildman–Crippen LogP) is 3.61. The van der Waals surface area contributed by atoms with Gasteiger partial charge in [0.25, 0.3) is 11.8 Å². The van der Waals surface area contributed by atoms with Crippen molar-refractivity contribution in [3.63, 3.8) is 0 Å². The van der Waals surface area contributed by atoms with Crippen LogP contribution in [0.2, 0.25) is 0 Å². The van der Waals surface area contributed by atoms with Crippen molar-refractivity contribution in [2.75, 3.05) is 11.9 Å². The second-order valence-corrected chi connectivity index (χ2v) is 7.85. The average Bonchev–Trinajstić information content (AvgIpc) is 2.78. The van der Waals surface area contributed by atoms with Gasteiger partial charge >= 0.3 is 5.97 Å². The van der Waals surface area contributed by atoms with Crippen molar-refractivity contribution in [2.45, 2.75) is 46.8 Å². The van der Waals surface area contributed by atoms with Gasteiger partial charge in [0.2, 0.25) is 0 Å². The highest BCUT2D eigenvalue weighted by Crippen LogP contribution is 2.14. The number of hydrogen-bond acceptors (Lipinski definition) is 6. The lowest BCUT2D eigenvalue weighted by molar-refractivity contribution is -0.156. The summed E-state index contributed by atoms with van der Waals surface area (Å²) in [7, 11) is 0. The maximum Gasteiger partial charge on any atom is 0.329 e. The fourth-order valence-electron chi connectivity index (χ4n) is 2.92. The second kappa shape index (κ2) is 11.8. The van der Waals surface area contributed by atoms with E-state index < -0.39 is 29.9 Å². The number of carbonyl (C=O) groups is 4. The second-order valence-electron chi connectivity index (χ2n) is 7.85. The van der Waals surface area contributed by atoms with E-state index in [9.17, 15) is 19.2 Å². The standard InChI is InChI=1S/C25H30N2O6/c1-6-32-21-13-9-19(10-14-21)24(30)27-22(15(2)3)25(31)33-17(5)23(29)26-20-11-7-18(8-12-20)16(4)28/h7-15,17,22H,6H2,1-5H3,(H,26,29)(H,27,30). The van der Waals surface area contributed by atoms with E-state index in [1.54, 1.807) is 62.4 Å². The first-order chi connectivity index (χ1) is 15.6. The summed E-state index contributed by atoms with van der Waals surface area (Å²) in [5, 5.41) is 5.31. The highest BCUT2D eigenvalue weighted by molar-refractivity contribution is 5.99. The summed E-state index contributed by atoms with van der Waals surface area (Å²) in [6.45, 7) is 8.82. The number of ether oxygens (including phenoxy) is 2. The Kier molecular flexibility index (Phi) is 9.15. The third kappa shape index (κ3) is 7.45. The van der Waals surface area contributed by atoms with Gasteiger partial charge in [0.05, 0.1) is 6.61 Å². The molecule has 2 aromatic carbocycles. The number of ketones is 1. The van der Waals surface area contributed by atoms with Gasteiger partial charge in [-0.15, -0.1) is 0 Å². The molecular formula is C25H30N2O6. The minimum absolute atomic E-state index is 0.0813. The molecule has 0 aromatic heterocycles. The molecule has 0 fully saturated rings. The Bertz CT molecular complexity index is 983. The van der Waals surface area contributed by atoms with Crippen molar-refractivity contribution in [3.05, 3.63) is 59.7 Å². The summed E-state index contributed by atoms with van der Waals surface area (Å²) in [5.74, 6) is -1.38. The summed E-state index contributed by atoms with van der Waals surface area (Å²) in [5.41, 5.74) is 1.37. The number of benzene rings is 2. The Labute approximate surface area is 193 Å². The molecular weight excluding hydrogens is 424 g/mol. The Morgan fingerprint density at radius 1 is 0.879 bits per heavy atom. The normalized spacial score (nSPS) is 12.4. The van der Waals surface area contributed by atoms with Crippen LogP contribution in [0.3, 0.4) is 0 Å². The van der Waals surface area contributed by atoms with E-state index in [0.717, 1.165) is 0 Å². The summed E-state index contributed by atoms with van der Waals surface area (Å²) in [6.07, 6.45) is -1.09. The molecule has 0 heterocycles. The van der Waals surface area contributed by atoms with Crippen molar-refractivity contribution in [3.8, 4) is 5.75 Å². The number of rotatable bonds is 10. The van der Waals surface area contributed by atoms with Crippen molar-refractivity contribution in [1.29, 1.82) is 0 Å². The van der Waals surface area contributed by atoms with E-state index in [2.05, 4.69) is 10.6 Å². The molecule has 0 bridgehead atoms. The molecule has 2 N–H and O–H groups in total. The third-order valence-electron chi connectivity index (χ3n) is 4.86. The van der Waals surface area contributed by atoms with Crippen LogP contribution < -0.4 is 15.4 Å². The van der Waals surface area contributed by atoms with Gasteiger partial charge in [0.1, 0.15) is 11.8 Å². The molecule has 2 amide bonds. The van der Waals surface area contributed by atoms with Crippen LogP contribution in [0.4, 0.5) is 5.69 Å². The fraction of sp³-hybridized carbons (Fsp3) is 0.360. The molecule has 8 heteroatoms. The Hall–Kier alpha value is -3.68. The van der Waals surface area contributed by atoms with Crippen LogP contribution in [0.15, 0.2) is 48.5 Å². The molecule has 2 unspecified atom stereocenters. The third-order valence-corrected chi connectivity index (χ3v) is 4.86. The SMILES string of the molecule is CCOc1ccc(C(=O)NC(C(=O)OC(C)C(=O)Nc2ccc(C(C)=O)cc2)C(C)C)cc1. The smallest absolute Gasteiger partial charge is 0.329 e. The zero-order valence-electron chi connectivity index (χ0n) is 19.5. The highest BCUT2D eigenvalue weighted by Gasteiger charge is 2.29. The summed E-state index contributed by atoms with van der Waals surface area (Å²) in [4.78, 5) is 49.1. The quantitative estimate of drug-likeness (QED) is 0.419. The van der Waals surface area contributed by atoms with Gasteiger partial charge in [-0.05, 0) is 75.2 Å². The van der Waals surface area contributed by atoms with Gasteiger partial charge in [0, 0.05) is 16.8 Å². The number of nitrogens with one attached hydrogen (secondary N) is 2. The summed E-state index contributed by atoms with van der Waals surface area (Å²) in [6, 6.07) is 12.0. The maximum atomic E-state index is 12.7. The number of Topliss-reactive ketones (excluding diaryl/α,β-unsaturated/α-hetero) is 1. The van der Waals surface area contributed by atoms with E-state index in [1.807, 2.05) is 6.92 Å². The first-order valence-electron chi connectivity index (χ1n) is 10.8. The predicted molar refractivity (Wildman–Crippen MR) is 124 cm³/mol. The van der Waals surface area contributed by atoms with E-state index in [1.165, 1.54) is 13.8 Å². The molecule has 176 valence electrons. The minimum atomic E-state index is -1.09. The topological polar surface area (TPSA) is 111 Å². The molecule has 2 atom stereocenters. The monoisotopic (exact) mass is 454 g/mol. The van der Waals surface area contributed by atoms with Gasteiger partial charge in [-0.25, -0.2) is 4.79 Å². The molecule has 0 aliphatic rings. The molecule has 0 spiro atoms. The molecule has 33 heavy (non-hydrogen) atoms. The number of amides is 2. The van der Waals surface area contributed by atoms with Gasteiger partial charge in [-0.3, -0.25) is 14.4 Å². The van der Waals surface area contributed by atoms with E-state index in [-0.39, 0.29) is 11.7 Å². The van der Waals surface area contributed by atoms with Crippen LogP contribution in [-0.4, -0.2) is 42.3 Å². The molecule has 2 aromatic rings. The summed E-state index contributed by atoms with van der Waals surface area (Å²) < 4.78 is 10.7. The lowest BCUT2D eigenvalue weighted by Gasteiger charge is -2.23. The van der Waals surface area contributed by atoms with Crippen LogP contribution in [0, 0.1) is 5.92 Å². The molecule has 2 rings (SSSR count). The first-order valence-corrected chi connectivity index (χ1v) is 10.8. The molecule has 0 saturated carbocycles. The lowest BCUT2D eigenvalue weighted by Crippen LogP contribution is -2.47. The lowest BCUT2D eigenvalue weighted by atomic mass is 10.0. The van der Waals surface area contributed by atoms with Crippen molar-refractivity contribution in [2.24, 2.45) is 5.92 Å². The number of esters is 1. The largest absolute Gasteiger partial charge is 0.494 e. The molecule has 0 aliphatic heterocycles. The number of anilines is 1. The fourth-order valence-corrected chi connectivity index (χ4v) is 2.92. The highest BCUT2D eigenvalue weighted by atomic mass is 16.5. The molecule has 0 radical (unpaired) electrons. The van der Waals surface area contributed by atoms with Gasteiger partial charge in [0.15, 0.2) is 11.9 Å². The number of carbonyl (C=O) groups excluding carboxylic acids is 4. The van der Waals surface area contributed by atoms with Crippen molar-refractivity contribution in [1.82, 2.24) is 5.32 Å². The van der Waals surface area contributed by atoms with Gasteiger partial charge in [-0.2, -0.15) is 0 Å². The molecule has 0 saturated heterocycles. The average molecular weight is 455 g/mol. The van der Waals surface area contributed by atoms with Crippen molar-refractivity contribution >= 4 is 29.3 Å². The van der Waals surface area contributed by atoms with Crippen molar-refractivity contribution < 1.29 is 28.7 Å². The minimum Gasteiger partial charge on any atom is -0.494 e. The van der Waals surface area contributed by atoms with E-state index in [4.69, 9.17) is 9.47 Å². The Balaban J connectivity index is 1.98. The van der Waals surface area contributed by atoms with Crippen LogP contribution in [0.25, 0.3) is 0 Å². The Morgan fingerprint density at radius 2 is 1.45 bits per heavy atom. The zero-order valence-corrected chi connectivity index (χ0v) is 19.5. The first kappa shape index (κ1) is 25.6. The summed E-state index contributed by atoms with van der Waals surface area (Å²) >= 11 is 0. The van der Waals surface area contributed by atoms with E-state index in [0.29, 0.717) is 29.2 Å². The Morgan fingerprint density at radius 3 is 1.97 bits per heavy atom. The molecule has 8 nitrogen and oxygen atoms in total. The van der Waals surface area contributed by atoms with Crippen LogP contribution in [0.5, 0.6) is 5.75 Å². The maximum absolute atomic E-state index is 12.7.